The molecule has 0 bridgehead atoms. The van der Waals surface area contributed by atoms with Crippen molar-refractivity contribution < 1.29 is 14.7 Å². The lowest BCUT2D eigenvalue weighted by molar-refractivity contribution is -0.118. The first-order valence-electron chi connectivity index (χ1n) is 5.21. The molecule has 16 heavy (non-hydrogen) atoms. The molecule has 0 spiro atoms. The Balaban J connectivity index is 2.19. The first-order chi connectivity index (χ1) is 7.66. The van der Waals surface area contributed by atoms with Gasteiger partial charge >= 0.3 is 0 Å². The number of rotatable bonds is 2. The van der Waals surface area contributed by atoms with E-state index in [-0.39, 0.29) is 17.3 Å². The van der Waals surface area contributed by atoms with Crippen molar-refractivity contribution >= 4 is 11.6 Å². The van der Waals surface area contributed by atoms with Crippen LogP contribution in [0.3, 0.4) is 0 Å². The number of phenolic OH excluding ortho intramolecular Hbond substituents is 1. The summed E-state index contributed by atoms with van der Waals surface area (Å²) in [6.07, 6.45) is 3.05. The first-order valence-corrected chi connectivity index (χ1v) is 5.21. The van der Waals surface area contributed by atoms with E-state index >= 15 is 0 Å². The Morgan fingerprint density at radius 2 is 1.81 bits per heavy atom. The van der Waals surface area contributed by atoms with Crippen LogP contribution in [0.4, 0.5) is 0 Å². The van der Waals surface area contributed by atoms with Crippen LogP contribution >= 0.6 is 0 Å². The number of phenols is 1. The second kappa shape index (κ2) is 4.31. The highest BCUT2D eigenvalue weighted by Gasteiger charge is 2.17. The molecule has 82 valence electrons. The van der Waals surface area contributed by atoms with E-state index in [0.29, 0.717) is 30.4 Å². The normalized spacial score (nSPS) is 15.8. The van der Waals surface area contributed by atoms with Gasteiger partial charge in [-0.15, -0.1) is 0 Å². The van der Waals surface area contributed by atoms with Gasteiger partial charge in [-0.2, -0.15) is 0 Å². The molecule has 0 saturated carbocycles. The van der Waals surface area contributed by atoms with Gasteiger partial charge in [-0.3, -0.25) is 9.59 Å². The molecule has 3 nitrogen and oxygen atoms in total. The van der Waals surface area contributed by atoms with Crippen LogP contribution in [-0.4, -0.2) is 16.7 Å². The zero-order chi connectivity index (χ0) is 11.5. The molecular formula is C13H12O3. The zero-order valence-corrected chi connectivity index (χ0v) is 8.77. The molecular weight excluding hydrogens is 204 g/mol. The number of allylic oxidation sites excluding steroid dienone is 2. The topological polar surface area (TPSA) is 54.4 Å². The molecule has 1 aliphatic rings. The lowest BCUT2D eigenvalue weighted by atomic mass is 9.92. The molecule has 0 atom stereocenters. The van der Waals surface area contributed by atoms with Gasteiger partial charge < -0.3 is 5.11 Å². The van der Waals surface area contributed by atoms with E-state index in [1.807, 2.05) is 0 Å². The molecule has 0 aromatic heterocycles. The lowest BCUT2D eigenvalue weighted by Gasteiger charge is -2.10. The van der Waals surface area contributed by atoms with Crippen LogP contribution < -0.4 is 0 Å². The van der Waals surface area contributed by atoms with Crippen LogP contribution in [0.25, 0.3) is 0 Å². The summed E-state index contributed by atoms with van der Waals surface area (Å²) in [5, 5.41) is 9.11. The summed E-state index contributed by atoms with van der Waals surface area (Å²) in [7, 11) is 0. The van der Waals surface area contributed by atoms with Gasteiger partial charge in [-0.25, -0.2) is 0 Å². The Hall–Kier alpha value is -1.90. The monoisotopic (exact) mass is 216 g/mol. The van der Waals surface area contributed by atoms with Crippen molar-refractivity contribution in [2.45, 2.75) is 19.3 Å². The summed E-state index contributed by atoms with van der Waals surface area (Å²) in [5.41, 5.74) is 1.25. The number of carbonyl (C=O) groups is 2. The van der Waals surface area contributed by atoms with Gasteiger partial charge in [0.15, 0.2) is 5.78 Å². The summed E-state index contributed by atoms with van der Waals surface area (Å²) < 4.78 is 0. The maximum Gasteiger partial charge on any atom is 0.188 e. The number of ketones is 2. The van der Waals surface area contributed by atoms with Crippen molar-refractivity contribution in [3.8, 4) is 5.75 Å². The van der Waals surface area contributed by atoms with Gasteiger partial charge in [0.05, 0.1) is 0 Å². The number of hydrogen-bond acceptors (Lipinski definition) is 3. The number of benzene rings is 1. The highest BCUT2D eigenvalue weighted by Crippen LogP contribution is 2.20. The van der Waals surface area contributed by atoms with Gasteiger partial charge in [-0.05, 0) is 36.3 Å². The average molecular weight is 216 g/mol. The second-order valence-electron chi connectivity index (χ2n) is 3.85. The predicted molar refractivity (Wildman–Crippen MR) is 59.4 cm³/mol. The van der Waals surface area contributed by atoms with E-state index in [4.69, 9.17) is 5.11 Å². The fourth-order valence-corrected chi connectivity index (χ4v) is 1.72. The van der Waals surface area contributed by atoms with Crippen LogP contribution in [-0.2, 0) is 4.79 Å². The average Bonchev–Trinajstić information content (AvgIpc) is 2.30. The Morgan fingerprint density at radius 1 is 1.12 bits per heavy atom. The van der Waals surface area contributed by atoms with Crippen molar-refractivity contribution in [2.75, 3.05) is 0 Å². The van der Waals surface area contributed by atoms with Gasteiger partial charge in [-0.1, -0.05) is 6.08 Å². The number of aromatic hydroxyl groups is 1. The van der Waals surface area contributed by atoms with Crippen molar-refractivity contribution in [1.82, 2.24) is 0 Å². The molecule has 0 radical (unpaired) electrons. The minimum atomic E-state index is -0.0486. The molecule has 3 heteroatoms. The Labute approximate surface area is 93.4 Å². The molecule has 0 unspecified atom stereocenters. The standard InChI is InChI=1S/C13H12O3/c14-11-5-1-9(2-6-11)13(16)10-3-7-12(15)8-4-10/h1-3,5-6,14H,4,7-8H2. The van der Waals surface area contributed by atoms with Gasteiger partial charge in [0.1, 0.15) is 11.5 Å². The molecule has 1 aromatic carbocycles. The summed E-state index contributed by atoms with van der Waals surface area (Å²) in [6.45, 7) is 0. The van der Waals surface area contributed by atoms with Crippen molar-refractivity contribution in [3.05, 3.63) is 41.5 Å². The molecule has 2 rings (SSSR count). The fourth-order valence-electron chi connectivity index (χ4n) is 1.72. The summed E-state index contributed by atoms with van der Waals surface area (Å²) in [5.74, 6) is 0.277. The van der Waals surface area contributed by atoms with Crippen molar-refractivity contribution in [2.24, 2.45) is 0 Å². The molecule has 0 saturated heterocycles. The van der Waals surface area contributed by atoms with Crippen LogP contribution in [0.15, 0.2) is 35.9 Å². The van der Waals surface area contributed by atoms with E-state index < -0.39 is 0 Å². The quantitative estimate of drug-likeness (QED) is 0.771. The van der Waals surface area contributed by atoms with E-state index in [2.05, 4.69) is 0 Å². The lowest BCUT2D eigenvalue weighted by Crippen LogP contribution is -2.11. The van der Waals surface area contributed by atoms with Crippen LogP contribution in [0.5, 0.6) is 5.75 Å². The van der Waals surface area contributed by atoms with Crippen LogP contribution in [0.2, 0.25) is 0 Å². The molecule has 0 amide bonds. The third-order valence-electron chi connectivity index (χ3n) is 2.67. The van der Waals surface area contributed by atoms with Crippen molar-refractivity contribution in [3.63, 3.8) is 0 Å². The third kappa shape index (κ3) is 2.19. The molecule has 1 aliphatic carbocycles. The van der Waals surface area contributed by atoms with Gasteiger partial charge in [0.2, 0.25) is 0 Å². The first kappa shape index (κ1) is 10.6. The smallest absolute Gasteiger partial charge is 0.188 e. The van der Waals surface area contributed by atoms with E-state index in [1.165, 1.54) is 12.1 Å². The highest BCUT2D eigenvalue weighted by molar-refractivity contribution is 6.09. The largest absolute Gasteiger partial charge is 0.508 e. The van der Waals surface area contributed by atoms with E-state index in [0.717, 1.165) is 0 Å². The zero-order valence-electron chi connectivity index (χ0n) is 8.77. The number of hydrogen-bond donors (Lipinski definition) is 1. The minimum Gasteiger partial charge on any atom is -0.508 e. The predicted octanol–water partition coefficient (Wildman–Crippen LogP) is 2.25. The molecule has 0 heterocycles. The third-order valence-corrected chi connectivity index (χ3v) is 2.67. The van der Waals surface area contributed by atoms with Crippen molar-refractivity contribution in [1.29, 1.82) is 0 Å². The SMILES string of the molecule is O=C1CC=C(C(=O)c2ccc(O)cc2)CC1. The molecule has 1 N–H and O–H groups in total. The van der Waals surface area contributed by atoms with E-state index in [9.17, 15) is 9.59 Å². The molecule has 0 aliphatic heterocycles. The van der Waals surface area contributed by atoms with Gasteiger partial charge in [0.25, 0.3) is 0 Å². The summed E-state index contributed by atoms with van der Waals surface area (Å²) in [6, 6.07) is 6.16. The van der Waals surface area contributed by atoms with Crippen LogP contribution in [0.1, 0.15) is 29.6 Å². The molecule has 1 aromatic rings. The Bertz CT molecular complexity index is 455. The van der Waals surface area contributed by atoms with Gasteiger partial charge in [0, 0.05) is 18.4 Å². The van der Waals surface area contributed by atoms with Crippen LogP contribution in [0, 0.1) is 0 Å². The Kier molecular flexibility index (Phi) is 2.86. The fraction of sp³-hybridized carbons (Fsp3) is 0.231. The summed E-state index contributed by atoms with van der Waals surface area (Å²) in [4.78, 5) is 23.0. The molecule has 0 fully saturated rings. The maximum absolute atomic E-state index is 12.0. The highest BCUT2D eigenvalue weighted by atomic mass is 16.3. The van der Waals surface area contributed by atoms with E-state index in [1.54, 1.807) is 18.2 Å². The number of carbonyl (C=O) groups excluding carboxylic acids is 2. The minimum absolute atomic E-state index is 0.0486. The number of Topliss-reactive ketones (excluding diaryl/α,β-unsaturated/α-hetero) is 2. The second-order valence-corrected chi connectivity index (χ2v) is 3.85. The Morgan fingerprint density at radius 3 is 2.38 bits per heavy atom. The summed E-state index contributed by atoms with van der Waals surface area (Å²) >= 11 is 0. The maximum atomic E-state index is 12.0.